The molecule has 0 aliphatic heterocycles. The van der Waals surface area contributed by atoms with Crippen LogP contribution in [0.2, 0.25) is 0 Å². The van der Waals surface area contributed by atoms with Crippen LogP contribution in [0.5, 0.6) is 0 Å². The second kappa shape index (κ2) is 8.66. The molecule has 0 aromatic heterocycles. The fourth-order valence-corrected chi connectivity index (χ4v) is 2.57. The number of urea groups is 1. The molecule has 3 N–H and O–H groups in total. The number of carbonyl (C=O) groups excluding carboxylic acids is 2. The number of nitro groups is 1. The first-order valence-corrected chi connectivity index (χ1v) is 8.72. The van der Waals surface area contributed by atoms with Crippen LogP contribution in [-0.2, 0) is 0 Å². The van der Waals surface area contributed by atoms with Crippen molar-refractivity contribution in [2.24, 2.45) is 0 Å². The van der Waals surface area contributed by atoms with Crippen LogP contribution in [0.25, 0.3) is 0 Å². The van der Waals surface area contributed by atoms with Crippen molar-refractivity contribution in [1.29, 1.82) is 0 Å². The first-order chi connectivity index (χ1) is 13.9. The summed E-state index contributed by atoms with van der Waals surface area (Å²) >= 11 is 0. The van der Waals surface area contributed by atoms with Crippen LogP contribution >= 0.6 is 0 Å². The zero-order valence-corrected chi connectivity index (χ0v) is 15.5. The van der Waals surface area contributed by atoms with E-state index >= 15 is 0 Å². The topological polar surface area (TPSA) is 113 Å². The Bertz CT molecular complexity index is 1050. The Kier molecular flexibility index (Phi) is 5.84. The second-order valence-corrected chi connectivity index (χ2v) is 6.23. The van der Waals surface area contributed by atoms with Gasteiger partial charge in [0.1, 0.15) is 0 Å². The fourth-order valence-electron chi connectivity index (χ4n) is 2.57. The van der Waals surface area contributed by atoms with Gasteiger partial charge in [-0.25, -0.2) is 4.79 Å². The van der Waals surface area contributed by atoms with Crippen LogP contribution in [0, 0.1) is 17.0 Å². The van der Waals surface area contributed by atoms with Gasteiger partial charge in [-0.3, -0.25) is 14.9 Å². The minimum Gasteiger partial charge on any atom is -0.321 e. The van der Waals surface area contributed by atoms with Crippen molar-refractivity contribution in [2.45, 2.75) is 6.92 Å². The summed E-state index contributed by atoms with van der Waals surface area (Å²) in [4.78, 5) is 34.8. The molecule has 0 radical (unpaired) electrons. The van der Waals surface area contributed by atoms with E-state index in [1.165, 1.54) is 12.1 Å². The van der Waals surface area contributed by atoms with E-state index in [-0.39, 0.29) is 5.69 Å². The number of hydrogen-bond donors (Lipinski definition) is 3. The number of nitro benzene ring substituents is 1. The number of para-hydroxylation sites is 1. The Hall–Kier alpha value is -4.20. The lowest BCUT2D eigenvalue weighted by Crippen LogP contribution is -2.19. The SMILES string of the molecule is Cc1ccc([N+](=O)[O-])cc1NC(=O)c1ccc(NC(=O)Nc2ccccc2)cc1. The summed E-state index contributed by atoms with van der Waals surface area (Å²) in [7, 11) is 0. The lowest BCUT2D eigenvalue weighted by Gasteiger charge is -2.10. The number of anilines is 3. The number of benzene rings is 3. The van der Waals surface area contributed by atoms with Crippen molar-refractivity contribution in [3.8, 4) is 0 Å². The lowest BCUT2D eigenvalue weighted by atomic mass is 10.1. The minimum atomic E-state index is -0.518. The highest BCUT2D eigenvalue weighted by Gasteiger charge is 2.12. The normalized spacial score (nSPS) is 10.1. The van der Waals surface area contributed by atoms with Gasteiger partial charge in [0.05, 0.1) is 10.6 Å². The van der Waals surface area contributed by atoms with Gasteiger partial charge in [0.2, 0.25) is 0 Å². The van der Waals surface area contributed by atoms with Crippen molar-refractivity contribution in [2.75, 3.05) is 16.0 Å². The lowest BCUT2D eigenvalue weighted by molar-refractivity contribution is -0.384. The molecule has 29 heavy (non-hydrogen) atoms. The molecule has 0 bridgehead atoms. The number of nitrogens with zero attached hydrogens (tertiary/aromatic N) is 1. The summed E-state index contributed by atoms with van der Waals surface area (Å²) in [5, 5.41) is 19.0. The number of hydrogen-bond acceptors (Lipinski definition) is 4. The molecule has 0 aliphatic rings. The summed E-state index contributed by atoms with van der Waals surface area (Å²) in [6.45, 7) is 1.75. The Labute approximate surface area is 166 Å². The Morgan fingerprint density at radius 3 is 2.07 bits per heavy atom. The van der Waals surface area contributed by atoms with Gasteiger partial charge in [-0.15, -0.1) is 0 Å². The Morgan fingerprint density at radius 1 is 0.828 bits per heavy atom. The van der Waals surface area contributed by atoms with Crippen molar-refractivity contribution in [3.63, 3.8) is 0 Å². The number of nitrogens with one attached hydrogen (secondary N) is 3. The average Bonchev–Trinajstić information content (AvgIpc) is 2.70. The van der Waals surface area contributed by atoms with Gasteiger partial charge in [-0.2, -0.15) is 0 Å². The van der Waals surface area contributed by atoms with E-state index in [4.69, 9.17) is 0 Å². The van der Waals surface area contributed by atoms with Crippen LogP contribution in [0.4, 0.5) is 27.5 Å². The van der Waals surface area contributed by atoms with Crippen LogP contribution in [-0.4, -0.2) is 16.9 Å². The first-order valence-electron chi connectivity index (χ1n) is 8.72. The predicted octanol–water partition coefficient (Wildman–Crippen LogP) is 4.80. The van der Waals surface area contributed by atoms with Crippen molar-refractivity contribution in [3.05, 3.63) is 94.0 Å². The summed E-state index contributed by atoms with van der Waals surface area (Å²) < 4.78 is 0. The van der Waals surface area contributed by atoms with Crippen LogP contribution < -0.4 is 16.0 Å². The molecular weight excluding hydrogens is 372 g/mol. The van der Waals surface area contributed by atoms with Crippen LogP contribution in [0.3, 0.4) is 0 Å². The van der Waals surface area contributed by atoms with Crippen molar-refractivity contribution in [1.82, 2.24) is 0 Å². The molecule has 3 aromatic carbocycles. The van der Waals surface area contributed by atoms with Gasteiger partial charge in [0.15, 0.2) is 0 Å². The largest absolute Gasteiger partial charge is 0.323 e. The summed E-state index contributed by atoms with van der Waals surface area (Å²) in [5.41, 5.74) is 2.50. The van der Waals surface area contributed by atoms with E-state index in [0.29, 0.717) is 28.2 Å². The van der Waals surface area contributed by atoms with E-state index in [1.54, 1.807) is 49.4 Å². The molecule has 3 amide bonds. The molecule has 0 heterocycles. The van der Waals surface area contributed by atoms with Gasteiger partial charge >= 0.3 is 6.03 Å². The minimum absolute atomic E-state index is 0.102. The molecule has 0 aliphatic carbocycles. The highest BCUT2D eigenvalue weighted by atomic mass is 16.6. The highest BCUT2D eigenvalue weighted by Crippen LogP contribution is 2.22. The van der Waals surface area contributed by atoms with Crippen LogP contribution in [0.1, 0.15) is 15.9 Å². The zero-order chi connectivity index (χ0) is 20.8. The molecule has 0 saturated carbocycles. The van der Waals surface area contributed by atoms with Crippen LogP contribution in [0.15, 0.2) is 72.8 Å². The number of aryl methyl sites for hydroxylation is 1. The van der Waals surface area contributed by atoms with E-state index in [0.717, 1.165) is 0 Å². The van der Waals surface area contributed by atoms with E-state index in [9.17, 15) is 19.7 Å². The number of rotatable bonds is 5. The molecule has 0 spiro atoms. The molecule has 146 valence electrons. The number of carbonyl (C=O) groups is 2. The number of amides is 3. The highest BCUT2D eigenvalue weighted by molar-refractivity contribution is 6.05. The quantitative estimate of drug-likeness (QED) is 0.429. The molecule has 3 rings (SSSR count). The van der Waals surface area contributed by atoms with Gasteiger partial charge in [-0.1, -0.05) is 24.3 Å². The summed E-state index contributed by atoms with van der Waals surface area (Å²) in [6, 6.07) is 19.2. The van der Waals surface area contributed by atoms with E-state index in [1.807, 2.05) is 18.2 Å². The molecule has 3 aromatic rings. The van der Waals surface area contributed by atoms with Gasteiger partial charge < -0.3 is 16.0 Å². The molecule has 8 heteroatoms. The summed E-state index contributed by atoms with van der Waals surface area (Å²) in [6.07, 6.45) is 0. The number of non-ortho nitro benzene ring substituents is 1. The smallest absolute Gasteiger partial charge is 0.321 e. The molecule has 0 saturated heterocycles. The Morgan fingerprint density at radius 2 is 1.45 bits per heavy atom. The monoisotopic (exact) mass is 390 g/mol. The molecule has 0 unspecified atom stereocenters. The Balaban J connectivity index is 1.64. The maximum absolute atomic E-state index is 12.4. The maximum Gasteiger partial charge on any atom is 0.323 e. The third-order valence-electron chi connectivity index (χ3n) is 4.12. The maximum atomic E-state index is 12.4. The van der Waals surface area contributed by atoms with Gasteiger partial charge in [-0.05, 0) is 48.9 Å². The second-order valence-electron chi connectivity index (χ2n) is 6.23. The molecule has 8 nitrogen and oxygen atoms in total. The average molecular weight is 390 g/mol. The van der Waals surface area contributed by atoms with Crippen molar-refractivity contribution < 1.29 is 14.5 Å². The molecule has 0 fully saturated rings. The zero-order valence-electron chi connectivity index (χ0n) is 15.5. The summed E-state index contributed by atoms with van der Waals surface area (Å²) in [5.74, 6) is -0.408. The first kappa shape index (κ1) is 19.6. The van der Waals surface area contributed by atoms with E-state index < -0.39 is 16.9 Å². The standard InChI is InChI=1S/C21H18N4O4/c1-14-7-12-18(25(28)29)13-19(14)24-20(26)15-8-10-17(11-9-15)23-21(27)22-16-5-3-2-4-6-16/h2-13H,1H3,(H,24,26)(H2,22,23,27). The third-order valence-corrected chi connectivity index (χ3v) is 4.12. The predicted molar refractivity (Wildman–Crippen MR) is 111 cm³/mol. The molecular formula is C21H18N4O4. The van der Waals surface area contributed by atoms with E-state index in [2.05, 4.69) is 16.0 Å². The fraction of sp³-hybridized carbons (Fsp3) is 0.0476. The third kappa shape index (κ3) is 5.16. The van der Waals surface area contributed by atoms with Gasteiger partial charge in [0.25, 0.3) is 11.6 Å². The molecule has 0 atom stereocenters. The van der Waals surface area contributed by atoms with Gasteiger partial charge in [0, 0.05) is 29.1 Å². The van der Waals surface area contributed by atoms with Crippen molar-refractivity contribution >= 4 is 34.7 Å².